The van der Waals surface area contributed by atoms with Gasteiger partial charge in [0.2, 0.25) is 0 Å². The summed E-state index contributed by atoms with van der Waals surface area (Å²) < 4.78 is 0. The number of anilines is 2. The standard InChI is InChI=1S/C13H12N2O2S/c16-12(17)9-6-7-10-11(9)15-13(18-10)14-8-4-2-1-3-5-8/h1-5,9H,6-7H2,(H,14,15)(H,16,17). The fourth-order valence-electron chi connectivity index (χ4n) is 2.17. The second-order valence-corrected chi connectivity index (χ2v) is 5.33. The van der Waals surface area contributed by atoms with Crippen LogP contribution in [-0.2, 0) is 11.2 Å². The van der Waals surface area contributed by atoms with E-state index in [4.69, 9.17) is 5.11 Å². The van der Waals surface area contributed by atoms with Gasteiger partial charge in [-0.1, -0.05) is 18.2 Å². The van der Waals surface area contributed by atoms with Crippen molar-refractivity contribution in [1.29, 1.82) is 0 Å². The van der Waals surface area contributed by atoms with E-state index in [2.05, 4.69) is 10.3 Å². The summed E-state index contributed by atoms with van der Waals surface area (Å²) in [4.78, 5) is 16.6. The predicted molar refractivity (Wildman–Crippen MR) is 70.5 cm³/mol. The van der Waals surface area contributed by atoms with Crippen molar-refractivity contribution in [2.75, 3.05) is 5.32 Å². The first-order valence-corrected chi connectivity index (χ1v) is 6.60. The van der Waals surface area contributed by atoms with E-state index in [9.17, 15) is 4.79 Å². The van der Waals surface area contributed by atoms with Gasteiger partial charge in [-0.05, 0) is 25.0 Å². The number of benzene rings is 1. The van der Waals surface area contributed by atoms with E-state index in [1.807, 2.05) is 30.3 Å². The van der Waals surface area contributed by atoms with Gasteiger partial charge >= 0.3 is 5.97 Å². The van der Waals surface area contributed by atoms with Gasteiger partial charge in [-0.15, -0.1) is 11.3 Å². The maximum absolute atomic E-state index is 11.1. The fraction of sp³-hybridized carbons (Fsp3) is 0.231. The number of rotatable bonds is 3. The van der Waals surface area contributed by atoms with Crippen molar-refractivity contribution in [2.24, 2.45) is 0 Å². The van der Waals surface area contributed by atoms with Crippen LogP contribution in [0.15, 0.2) is 30.3 Å². The molecule has 1 aromatic carbocycles. The number of fused-ring (bicyclic) bond motifs is 1. The van der Waals surface area contributed by atoms with E-state index in [1.54, 1.807) is 11.3 Å². The zero-order valence-corrected chi connectivity index (χ0v) is 10.4. The number of hydrogen-bond acceptors (Lipinski definition) is 4. The van der Waals surface area contributed by atoms with E-state index < -0.39 is 11.9 Å². The maximum atomic E-state index is 11.1. The van der Waals surface area contributed by atoms with Crippen molar-refractivity contribution in [1.82, 2.24) is 4.98 Å². The van der Waals surface area contributed by atoms with Crippen LogP contribution in [0.1, 0.15) is 22.9 Å². The molecule has 1 unspecified atom stereocenters. The van der Waals surface area contributed by atoms with Crippen molar-refractivity contribution in [3.8, 4) is 0 Å². The molecule has 0 spiro atoms. The number of carbonyl (C=O) groups is 1. The molecule has 1 aliphatic rings. The van der Waals surface area contributed by atoms with Crippen molar-refractivity contribution in [2.45, 2.75) is 18.8 Å². The first-order chi connectivity index (χ1) is 8.74. The normalized spacial score (nSPS) is 17.4. The molecule has 4 nitrogen and oxygen atoms in total. The Hall–Kier alpha value is -1.88. The molecule has 18 heavy (non-hydrogen) atoms. The van der Waals surface area contributed by atoms with Gasteiger partial charge < -0.3 is 10.4 Å². The van der Waals surface area contributed by atoms with Crippen LogP contribution in [0.3, 0.4) is 0 Å². The van der Waals surface area contributed by atoms with Crippen LogP contribution in [0.25, 0.3) is 0 Å². The average molecular weight is 260 g/mol. The summed E-state index contributed by atoms with van der Waals surface area (Å²) in [5.74, 6) is -1.20. The highest BCUT2D eigenvalue weighted by atomic mass is 32.1. The molecule has 0 radical (unpaired) electrons. The third-order valence-corrected chi connectivity index (χ3v) is 4.09. The Morgan fingerprint density at radius 2 is 2.17 bits per heavy atom. The Labute approximate surface area is 108 Å². The van der Waals surface area contributed by atoms with Gasteiger partial charge in [-0.25, -0.2) is 4.98 Å². The highest BCUT2D eigenvalue weighted by molar-refractivity contribution is 7.15. The monoisotopic (exact) mass is 260 g/mol. The van der Waals surface area contributed by atoms with Crippen molar-refractivity contribution >= 4 is 28.1 Å². The largest absolute Gasteiger partial charge is 0.481 e. The Morgan fingerprint density at radius 3 is 2.89 bits per heavy atom. The lowest BCUT2D eigenvalue weighted by Gasteiger charge is -2.03. The van der Waals surface area contributed by atoms with Gasteiger partial charge in [0.25, 0.3) is 0 Å². The lowest BCUT2D eigenvalue weighted by molar-refractivity contribution is -0.138. The van der Waals surface area contributed by atoms with Crippen molar-refractivity contribution < 1.29 is 9.90 Å². The third kappa shape index (κ3) is 1.97. The smallest absolute Gasteiger partial charge is 0.312 e. The molecule has 0 saturated heterocycles. The molecule has 3 rings (SSSR count). The lowest BCUT2D eigenvalue weighted by Crippen LogP contribution is -2.08. The van der Waals surface area contributed by atoms with Gasteiger partial charge in [-0.2, -0.15) is 0 Å². The predicted octanol–water partition coefficient (Wildman–Crippen LogP) is 3.00. The Morgan fingerprint density at radius 1 is 1.39 bits per heavy atom. The van der Waals surface area contributed by atoms with Crippen LogP contribution in [0.4, 0.5) is 10.8 Å². The van der Waals surface area contributed by atoms with Gasteiger partial charge in [0.05, 0.1) is 5.69 Å². The molecule has 1 aliphatic carbocycles. The first-order valence-electron chi connectivity index (χ1n) is 5.78. The molecule has 2 N–H and O–H groups in total. The van der Waals surface area contributed by atoms with Crippen LogP contribution < -0.4 is 5.32 Å². The first kappa shape index (κ1) is 11.2. The minimum absolute atomic E-state index is 0.428. The van der Waals surface area contributed by atoms with Gasteiger partial charge in [0, 0.05) is 10.6 Å². The average Bonchev–Trinajstić information content (AvgIpc) is 2.89. The number of aliphatic carboxylic acids is 1. The Balaban J connectivity index is 1.84. The van der Waals surface area contributed by atoms with Crippen LogP contribution in [-0.4, -0.2) is 16.1 Å². The zero-order chi connectivity index (χ0) is 12.5. The molecule has 0 fully saturated rings. The zero-order valence-electron chi connectivity index (χ0n) is 9.59. The summed E-state index contributed by atoms with van der Waals surface area (Å²) >= 11 is 1.55. The number of hydrogen-bond donors (Lipinski definition) is 2. The van der Waals surface area contributed by atoms with E-state index in [0.29, 0.717) is 6.42 Å². The van der Waals surface area contributed by atoms with Crippen LogP contribution in [0, 0.1) is 0 Å². The SMILES string of the molecule is O=C(O)C1CCc2sc(Nc3ccccc3)nc21. The number of aromatic nitrogens is 1. The Kier molecular flexibility index (Phi) is 2.76. The number of para-hydroxylation sites is 1. The van der Waals surface area contributed by atoms with E-state index in [0.717, 1.165) is 27.8 Å². The summed E-state index contributed by atoms with van der Waals surface area (Å²) in [6.07, 6.45) is 1.50. The van der Waals surface area contributed by atoms with Crippen molar-refractivity contribution in [3.05, 3.63) is 40.9 Å². The molecular weight excluding hydrogens is 248 g/mol. The molecule has 0 saturated carbocycles. The number of thiazole rings is 1. The summed E-state index contributed by atoms with van der Waals surface area (Å²) in [6.45, 7) is 0. The molecule has 92 valence electrons. The highest BCUT2D eigenvalue weighted by Gasteiger charge is 2.32. The van der Waals surface area contributed by atoms with Gasteiger partial charge in [0.1, 0.15) is 5.92 Å². The highest BCUT2D eigenvalue weighted by Crippen LogP contribution is 2.39. The fourth-order valence-corrected chi connectivity index (χ4v) is 3.22. The van der Waals surface area contributed by atoms with E-state index >= 15 is 0 Å². The summed E-state index contributed by atoms with van der Waals surface area (Å²) in [5.41, 5.74) is 1.71. The van der Waals surface area contributed by atoms with Gasteiger partial charge in [0.15, 0.2) is 5.13 Å². The second-order valence-electron chi connectivity index (χ2n) is 4.25. The number of carboxylic acids is 1. The summed E-state index contributed by atoms with van der Waals surface area (Å²) in [7, 11) is 0. The minimum atomic E-state index is -0.773. The number of nitrogens with zero attached hydrogens (tertiary/aromatic N) is 1. The number of aryl methyl sites for hydroxylation is 1. The summed E-state index contributed by atoms with van der Waals surface area (Å²) in [5, 5.41) is 13.1. The molecule has 0 aliphatic heterocycles. The second kappa shape index (κ2) is 4.42. The van der Waals surface area contributed by atoms with Crippen LogP contribution in [0.5, 0.6) is 0 Å². The molecule has 1 atom stereocenters. The number of carboxylic acid groups (broad SMARTS) is 1. The molecule has 1 heterocycles. The molecular formula is C13H12N2O2S. The quantitative estimate of drug-likeness (QED) is 0.890. The van der Waals surface area contributed by atoms with Crippen LogP contribution in [0.2, 0.25) is 0 Å². The third-order valence-electron chi connectivity index (χ3n) is 3.04. The molecule has 2 aromatic rings. The summed E-state index contributed by atoms with van der Waals surface area (Å²) in [6, 6.07) is 9.77. The van der Waals surface area contributed by atoms with E-state index in [-0.39, 0.29) is 0 Å². The topological polar surface area (TPSA) is 62.2 Å². The number of nitrogens with one attached hydrogen (secondary N) is 1. The molecule has 1 aromatic heterocycles. The molecule has 5 heteroatoms. The maximum Gasteiger partial charge on any atom is 0.312 e. The lowest BCUT2D eigenvalue weighted by atomic mass is 10.1. The van der Waals surface area contributed by atoms with E-state index in [1.165, 1.54) is 0 Å². The van der Waals surface area contributed by atoms with Gasteiger partial charge in [-0.3, -0.25) is 4.79 Å². The Bertz CT molecular complexity index is 580. The van der Waals surface area contributed by atoms with Crippen LogP contribution >= 0.6 is 11.3 Å². The molecule has 0 amide bonds. The minimum Gasteiger partial charge on any atom is -0.481 e. The molecule has 0 bridgehead atoms. The van der Waals surface area contributed by atoms with Crippen molar-refractivity contribution in [3.63, 3.8) is 0 Å².